The van der Waals surface area contributed by atoms with E-state index < -0.39 is 0 Å². The number of phenols is 1. The second-order valence-electron chi connectivity index (χ2n) is 8.45. The van der Waals surface area contributed by atoms with Gasteiger partial charge in [-0.2, -0.15) is 0 Å². The summed E-state index contributed by atoms with van der Waals surface area (Å²) in [7, 11) is 3.98. The first-order valence-electron chi connectivity index (χ1n) is 10.9. The molecule has 34 heavy (non-hydrogen) atoms. The lowest BCUT2D eigenvalue weighted by Crippen LogP contribution is -2.32. The fourth-order valence-electron chi connectivity index (χ4n) is 4.28. The molecule has 0 aliphatic carbocycles. The Labute approximate surface area is 208 Å². The van der Waals surface area contributed by atoms with Gasteiger partial charge in [-0.25, -0.2) is 0 Å². The number of amides is 2. The lowest BCUT2D eigenvalue weighted by molar-refractivity contribution is 0.0985. The van der Waals surface area contributed by atoms with Crippen molar-refractivity contribution in [2.75, 3.05) is 30.9 Å². The smallest absolute Gasteiger partial charge is 0.259 e. The van der Waals surface area contributed by atoms with E-state index in [1.807, 2.05) is 14.1 Å². The summed E-state index contributed by atoms with van der Waals surface area (Å²) in [5.74, 6) is -0.436. The van der Waals surface area contributed by atoms with Crippen molar-refractivity contribution in [3.8, 4) is 5.75 Å². The monoisotopic (exact) mass is 497 g/mol. The van der Waals surface area contributed by atoms with Crippen molar-refractivity contribution in [1.29, 1.82) is 0 Å². The first-order chi connectivity index (χ1) is 16.3. The summed E-state index contributed by atoms with van der Waals surface area (Å²) in [4.78, 5) is 29.9. The molecule has 0 aromatic heterocycles. The summed E-state index contributed by atoms with van der Waals surface area (Å²) in [6, 6.07) is 16.7. The van der Waals surface area contributed by atoms with Crippen molar-refractivity contribution >= 4 is 46.4 Å². The largest absolute Gasteiger partial charge is 0.508 e. The number of fused-ring (bicyclic) bond motifs is 1. The number of carbonyl (C=O) groups is 2. The fraction of sp³-hybridized carbons (Fsp3) is 0.231. The zero-order valence-electron chi connectivity index (χ0n) is 18.9. The minimum atomic E-state index is -0.364. The van der Waals surface area contributed by atoms with Crippen LogP contribution < -0.4 is 10.2 Å². The maximum Gasteiger partial charge on any atom is 0.259 e. The van der Waals surface area contributed by atoms with Crippen LogP contribution in [0.15, 0.2) is 60.7 Å². The molecule has 1 aliphatic heterocycles. The Balaban J connectivity index is 1.61. The molecule has 4 rings (SSSR count). The van der Waals surface area contributed by atoms with Crippen LogP contribution in [0.4, 0.5) is 11.4 Å². The van der Waals surface area contributed by atoms with Gasteiger partial charge in [0.1, 0.15) is 5.75 Å². The maximum atomic E-state index is 13.6. The van der Waals surface area contributed by atoms with Crippen LogP contribution in [0, 0.1) is 0 Å². The Morgan fingerprint density at radius 2 is 1.76 bits per heavy atom. The van der Waals surface area contributed by atoms with Crippen LogP contribution >= 0.6 is 23.2 Å². The summed E-state index contributed by atoms with van der Waals surface area (Å²) in [5.41, 5.74) is 2.79. The molecule has 0 radical (unpaired) electrons. The molecule has 0 bridgehead atoms. The van der Waals surface area contributed by atoms with Crippen LogP contribution in [0.2, 0.25) is 10.0 Å². The molecule has 3 aromatic rings. The summed E-state index contributed by atoms with van der Waals surface area (Å²) < 4.78 is 0. The average molecular weight is 498 g/mol. The molecule has 0 fully saturated rings. The summed E-state index contributed by atoms with van der Waals surface area (Å²) in [6.07, 6.45) is 1.65. The van der Waals surface area contributed by atoms with E-state index in [0.29, 0.717) is 28.4 Å². The number of halogens is 2. The molecular formula is C26H25Cl2N3O3. The third-order valence-corrected chi connectivity index (χ3v) is 6.61. The minimum absolute atomic E-state index is 0.0813. The Morgan fingerprint density at radius 1 is 1.00 bits per heavy atom. The molecule has 1 atom stereocenters. The van der Waals surface area contributed by atoms with E-state index in [9.17, 15) is 14.7 Å². The number of nitrogens with one attached hydrogen (secondary N) is 1. The molecule has 2 N–H and O–H groups in total. The molecule has 176 valence electrons. The summed E-state index contributed by atoms with van der Waals surface area (Å²) >= 11 is 12.6. The Kier molecular flexibility index (Phi) is 7.12. The highest BCUT2D eigenvalue weighted by Gasteiger charge is 2.29. The summed E-state index contributed by atoms with van der Waals surface area (Å²) in [5, 5.41) is 13.4. The zero-order chi connectivity index (χ0) is 24.4. The number of phenolic OH excluding ortho intramolecular Hbond substituents is 1. The van der Waals surface area contributed by atoms with Crippen LogP contribution in [-0.4, -0.2) is 42.5 Å². The normalized spacial score (nSPS) is 15.6. The summed E-state index contributed by atoms with van der Waals surface area (Å²) in [6.45, 7) is 0.530. The number of hydrogen-bond acceptors (Lipinski definition) is 4. The standard InChI is InChI=1S/C26H25Cl2N3O3/c1-30(2)23-8-5-13-31(24-12-10-17(32)15-20(23)24)26(34)19-11-9-16(14-22(19)28)29-25(33)18-6-3-4-7-21(18)27/h3-4,6-7,9-12,14-15,23,32H,5,8,13H2,1-2H3,(H,29,33). The maximum absolute atomic E-state index is 13.6. The van der Waals surface area contributed by atoms with Gasteiger partial charge in [-0.1, -0.05) is 35.3 Å². The van der Waals surface area contributed by atoms with E-state index in [4.69, 9.17) is 23.2 Å². The van der Waals surface area contributed by atoms with Crippen LogP contribution in [-0.2, 0) is 0 Å². The van der Waals surface area contributed by atoms with Gasteiger partial charge in [0.2, 0.25) is 0 Å². The number of carbonyl (C=O) groups excluding carboxylic acids is 2. The van der Waals surface area contributed by atoms with Gasteiger partial charge < -0.3 is 20.2 Å². The Morgan fingerprint density at radius 3 is 2.47 bits per heavy atom. The number of benzene rings is 3. The molecule has 0 spiro atoms. The van der Waals surface area contributed by atoms with Gasteiger partial charge in [-0.15, -0.1) is 0 Å². The first-order valence-corrected chi connectivity index (χ1v) is 11.7. The molecular weight excluding hydrogens is 473 g/mol. The highest BCUT2D eigenvalue weighted by molar-refractivity contribution is 6.35. The number of aromatic hydroxyl groups is 1. The topological polar surface area (TPSA) is 72.9 Å². The van der Waals surface area contributed by atoms with E-state index in [1.54, 1.807) is 65.6 Å². The van der Waals surface area contributed by atoms with E-state index in [0.717, 1.165) is 24.1 Å². The van der Waals surface area contributed by atoms with Crippen LogP contribution in [0.3, 0.4) is 0 Å². The molecule has 0 saturated carbocycles. The second kappa shape index (κ2) is 10.1. The predicted molar refractivity (Wildman–Crippen MR) is 136 cm³/mol. The van der Waals surface area contributed by atoms with Crippen molar-refractivity contribution in [1.82, 2.24) is 4.90 Å². The number of nitrogens with zero attached hydrogens (tertiary/aromatic N) is 2. The van der Waals surface area contributed by atoms with Crippen molar-refractivity contribution < 1.29 is 14.7 Å². The lowest BCUT2D eigenvalue weighted by atomic mass is 10.0. The Hall–Kier alpha value is -3.06. The van der Waals surface area contributed by atoms with Gasteiger partial charge in [0.15, 0.2) is 0 Å². The van der Waals surface area contributed by atoms with E-state index in [-0.39, 0.29) is 28.6 Å². The van der Waals surface area contributed by atoms with Crippen molar-refractivity contribution in [3.05, 3.63) is 87.4 Å². The van der Waals surface area contributed by atoms with E-state index in [2.05, 4.69) is 10.2 Å². The van der Waals surface area contributed by atoms with E-state index in [1.165, 1.54) is 0 Å². The van der Waals surface area contributed by atoms with Crippen molar-refractivity contribution in [2.24, 2.45) is 0 Å². The molecule has 0 saturated heterocycles. The number of rotatable bonds is 4. The molecule has 8 heteroatoms. The number of hydrogen-bond donors (Lipinski definition) is 2. The minimum Gasteiger partial charge on any atom is -0.508 e. The molecule has 1 heterocycles. The van der Waals surface area contributed by atoms with Crippen molar-refractivity contribution in [2.45, 2.75) is 18.9 Å². The average Bonchev–Trinajstić information content (AvgIpc) is 2.98. The third kappa shape index (κ3) is 4.89. The van der Waals surface area contributed by atoms with Crippen LogP contribution in [0.1, 0.15) is 45.2 Å². The quantitative estimate of drug-likeness (QED) is 0.463. The first kappa shape index (κ1) is 24.1. The SMILES string of the molecule is CN(C)C1CCCN(C(=O)c2ccc(NC(=O)c3ccccc3Cl)cc2Cl)c2ccc(O)cc21. The molecule has 2 amide bonds. The van der Waals surface area contributed by atoms with E-state index >= 15 is 0 Å². The highest BCUT2D eigenvalue weighted by atomic mass is 35.5. The van der Waals surface area contributed by atoms with Gasteiger partial charge in [-0.3, -0.25) is 9.59 Å². The van der Waals surface area contributed by atoms with Crippen LogP contribution in [0.5, 0.6) is 5.75 Å². The lowest BCUT2D eigenvalue weighted by Gasteiger charge is -2.27. The zero-order valence-corrected chi connectivity index (χ0v) is 20.4. The second-order valence-corrected chi connectivity index (χ2v) is 9.26. The van der Waals surface area contributed by atoms with Gasteiger partial charge in [0, 0.05) is 24.0 Å². The molecule has 6 nitrogen and oxygen atoms in total. The fourth-order valence-corrected chi connectivity index (χ4v) is 4.76. The Bertz CT molecular complexity index is 1250. The van der Waals surface area contributed by atoms with Crippen LogP contribution in [0.25, 0.3) is 0 Å². The third-order valence-electron chi connectivity index (χ3n) is 5.96. The molecule has 3 aromatic carbocycles. The van der Waals surface area contributed by atoms with Crippen molar-refractivity contribution in [3.63, 3.8) is 0 Å². The number of anilines is 2. The van der Waals surface area contributed by atoms with Gasteiger partial charge in [0.25, 0.3) is 11.8 Å². The highest BCUT2D eigenvalue weighted by Crippen LogP contribution is 2.38. The molecule has 1 aliphatic rings. The molecule has 1 unspecified atom stereocenters. The van der Waals surface area contributed by atoms with Gasteiger partial charge in [-0.05, 0) is 81.0 Å². The predicted octanol–water partition coefficient (Wildman–Crippen LogP) is 5.99. The van der Waals surface area contributed by atoms with Gasteiger partial charge >= 0.3 is 0 Å². The van der Waals surface area contributed by atoms with Gasteiger partial charge in [0.05, 0.1) is 21.2 Å².